The first kappa shape index (κ1) is 15.3. The van der Waals surface area contributed by atoms with Crippen LogP contribution in [0.3, 0.4) is 0 Å². The lowest BCUT2D eigenvalue weighted by Crippen LogP contribution is -2.37. The number of hydrogen-bond donors (Lipinski definition) is 2. The number of aliphatic hydroxyl groups is 1. The molecular formula is C12H14F3NO3. The predicted molar refractivity (Wildman–Crippen MR) is 63.5 cm³/mol. The van der Waals surface area contributed by atoms with E-state index in [0.717, 1.165) is 4.90 Å². The van der Waals surface area contributed by atoms with Gasteiger partial charge in [0.05, 0.1) is 17.9 Å². The molecule has 0 spiro atoms. The van der Waals surface area contributed by atoms with Gasteiger partial charge in [-0.3, -0.25) is 0 Å². The zero-order chi connectivity index (χ0) is 14.6. The lowest BCUT2D eigenvalue weighted by atomic mass is 10.1. The summed E-state index contributed by atoms with van der Waals surface area (Å²) in [6.45, 7) is -0.445. The minimum atomic E-state index is -4.48. The monoisotopic (exact) mass is 277 g/mol. The maximum absolute atomic E-state index is 12.5. The Bertz CT molecular complexity index is 460. The molecule has 1 rings (SSSR count). The highest BCUT2D eigenvalue weighted by atomic mass is 19.4. The Labute approximate surface area is 108 Å². The molecule has 1 aromatic rings. The average Bonchev–Trinajstić information content (AvgIpc) is 2.26. The highest BCUT2D eigenvalue weighted by Gasteiger charge is 2.32. The van der Waals surface area contributed by atoms with Gasteiger partial charge in [-0.15, -0.1) is 0 Å². The van der Waals surface area contributed by atoms with E-state index in [1.807, 2.05) is 0 Å². The quantitative estimate of drug-likeness (QED) is 0.864. The van der Waals surface area contributed by atoms with Crippen molar-refractivity contribution in [1.29, 1.82) is 0 Å². The first-order valence-electron chi connectivity index (χ1n) is 5.51. The van der Waals surface area contributed by atoms with Gasteiger partial charge in [-0.25, -0.2) is 4.79 Å². The molecule has 7 heteroatoms. The van der Waals surface area contributed by atoms with Crippen LogP contribution in [0.5, 0.6) is 0 Å². The molecular weight excluding hydrogens is 263 g/mol. The van der Waals surface area contributed by atoms with E-state index in [2.05, 4.69) is 0 Å². The molecule has 0 fully saturated rings. The van der Waals surface area contributed by atoms with Crippen molar-refractivity contribution < 1.29 is 28.2 Å². The van der Waals surface area contributed by atoms with Crippen LogP contribution in [-0.4, -0.2) is 42.1 Å². The van der Waals surface area contributed by atoms with Crippen LogP contribution in [0.1, 0.15) is 15.9 Å². The Hall–Kier alpha value is -1.76. The molecule has 106 valence electrons. The summed E-state index contributed by atoms with van der Waals surface area (Å²) in [7, 11) is 0. The summed E-state index contributed by atoms with van der Waals surface area (Å²) < 4.78 is 37.4. The largest absolute Gasteiger partial charge is 0.478 e. The standard InChI is InChI=1S/C12H14F3NO3/c1-8-2-3-10(9(6-8)11(18)19)16(4-5-17)7-12(13,14)15/h2-3,6,17H,4-5,7H2,1H3,(H,18,19). The van der Waals surface area contributed by atoms with Gasteiger partial charge in [-0.2, -0.15) is 13.2 Å². The Morgan fingerprint density at radius 1 is 1.37 bits per heavy atom. The molecule has 4 nitrogen and oxygen atoms in total. The molecule has 0 heterocycles. The Morgan fingerprint density at radius 3 is 2.47 bits per heavy atom. The molecule has 0 bridgehead atoms. The summed E-state index contributed by atoms with van der Waals surface area (Å²) in [6, 6.07) is 4.15. The van der Waals surface area contributed by atoms with Gasteiger partial charge in [0, 0.05) is 6.54 Å². The van der Waals surface area contributed by atoms with E-state index in [1.54, 1.807) is 6.92 Å². The zero-order valence-electron chi connectivity index (χ0n) is 10.2. The van der Waals surface area contributed by atoms with Crippen molar-refractivity contribution in [3.05, 3.63) is 29.3 Å². The van der Waals surface area contributed by atoms with Crippen molar-refractivity contribution in [1.82, 2.24) is 0 Å². The normalized spacial score (nSPS) is 11.4. The van der Waals surface area contributed by atoms with Crippen LogP contribution in [0.4, 0.5) is 18.9 Å². The molecule has 0 aliphatic rings. The maximum atomic E-state index is 12.5. The van der Waals surface area contributed by atoms with Crippen molar-refractivity contribution in [3.8, 4) is 0 Å². The number of halogens is 3. The molecule has 0 saturated carbocycles. The molecule has 19 heavy (non-hydrogen) atoms. The van der Waals surface area contributed by atoms with E-state index in [4.69, 9.17) is 10.2 Å². The maximum Gasteiger partial charge on any atom is 0.405 e. The number of aliphatic hydroxyl groups excluding tert-OH is 1. The Balaban J connectivity index is 3.18. The summed E-state index contributed by atoms with van der Waals surface area (Å²) in [5, 5.41) is 17.9. The van der Waals surface area contributed by atoms with Gasteiger partial charge in [0.2, 0.25) is 0 Å². The fourth-order valence-electron chi connectivity index (χ4n) is 1.72. The van der Waals surface area contributed by atoms with E-state index < -0.39 is 25.3 Å². The second-order valence-corrected chi connectivity index (χ2v) is 4.09. The lowest BCUT2D eigenvalue weighted by Gasteiger charge is -2.26. The number of carbonyl (C=O) groups is 1. The van der Waals surface area contributed by atoms with E-state index in [-0.39, 0.29) is 17.8 Å². The Morgan fingerprint density at radius 2 is 2.00 bits per heavy atom. The number of aryl methyl sites for hydroxylation is 1. The van der Waals surface area contributed by atoms with Crippen molar-refractivity contribution >= 4 is 11.7 Å². The summed E-state index contributed by atoms with van der Waals surface area (Å²) in [6.07, 6.45) is -4.48. The van der Waals surface area contributed by atoms with Crippen molar-refractivity contribution in [2.24, 2.45) is 0 Å². The number of anilines is 1. The molecule has 0 amide bonds. The van der Waals surface area contributed by atoms with Gasteiger partial charge >= 0.3 is 12.1 Å². The molecule has 1 aromatic carbocycles. The second-order valence-electron chi connectivity index (χ2n) is 4.09. The Kier molecular flexibility index (Phi) is 4.77. The summed E-state index contributed by atoms with van der Waals surface area (Å²) >= 11 is 0. The van der Waals surface area contributed by atoms with E-state index in [9.17, 15) is 18.0 Å². The van der Waals surface area contributed by atoms with Gasteiger partial charge in [-0.05, 0) is 19.1 Å². The molecule has 0 aliphatic heterocycles. The van der Waals surface area contributed by atoms with Gasteiger partial charge in [-0.1, -0.05) is 11.6 Å². The third kappa shape index (κ3) is 4.44. The van der Waals surface area contributed by atoms with Crippen LogP contribution in [0.2, 0.25) is 0 Å². The highest BCUT2D eigenvalue weighted by molar-refractivity contribution is 5.94. The molecule has 0 aliphatic carbocycles. The third-order valence-corrected chi connectivity index (χ3v) is 2.46. The third-order valence-electron chi connectivity index (χ3n) is 2.46. The first-order valence-corrected chi connectivity index (χ1v) is 5.51. The summed E-state index contributed by atoms with van der Waals surface area (Å²) in [4.78, 5) is 11.9. The minimum Gasteiger partial charge on any atom is -0.478 e. The fraction of sp³-hybridized carbons (Fsp3) is 0.417. The molecule has 0 radical (unpaired) electrons. The fourth-order valence-corrected chi connectivity index (χ4v) is 1.72. The highest BCUT2D eigenvalue weighted by Crippen LogP contribution is 2.26. The molecule has 0 atom stereocenters. The smallest absolute Gasteiger partial charge is 0.405 e. The number of rotatable bonds is 5. The van der Waals surface area contributed by atoms with E-state index in [0.29, 0.717) is 5.56 Å². The number of nitrogens with zero attached hydrogens (tertiary/aromatic N) is 1. The number of carboxylic acid groups (broad SMARTS) is 1. The number of benzene rings is 1. The van der Waals surface area contributed by atoms with Crippen molar-refractivity contribution in [2.75, 3.05) is 24.6 Å². The number of aromatic carboxylic acids is 1. The minimum absolute atomic E-state index is 0.0514. The number of carboxylic acids is 1. The number of hydrogen-bond acceptors (Lipinski definition) is 3. The second kappa shape index (κ2) is 5.92. The molecule has 0 aromatic heterocycles. The van der Waals surface area contributed by atoms with Crippen LogP contribution in [0, 0.1) is 6.92 Å². The van der Waals surface area contributed by atoms with Gasteiger partial charge in [0.1, 0.15) is 6.54 Å². The van der Waals surface area contributed by atoms with Crippen LogP contribution >= 0.6 is 0 Å². The zero-order valence-corrected chi connectivity index (χ0v) is 10.2. The first-order chi connectivity index (χ1) is 8.74. The van der Waals surface area contributed by atoms with Crippen LogP contribution in [0.25, 0.3) is 0 Å². The summed E-state index contributed by atoms with van der Waals surface area (Å²) in [5.74, 6) is -1.30. The lowest BCUT2D eigenvalue weighted by molar-refractivity contribution is -0.119. The molecule has 0 unspecified atom stereocenters. The number of alkyl halides is 3. The SMILES string of the molecule is Cc1ccc(N(CCO)CC(F)(F)F)c(C(=O)O)c1. The van der Waals surface area contributed by atoms with Crippen molar-refractivity contribution in [3.63, 3.8) is 0 Å². The van der Waals surface area contributed by atoms with E-state index in [1.165, 1.54) is 18.2 Å². The van der Waals surface area contributed by atoms with Crippen LogP contribution in [0.15, 0.2) is 18.2 Å². The van der Waals surface area contributed by atoms with Gasteiger partial charge in [0.25, 0.3) is 0 Å². The van der Waals surface area contributed by atoms with Gasteiger partial charge in [0.15, 0.2) is 0 Å². The molecule has 2 N–H and O–H groups in total. The van der Waals surface area contributed by atoms with E-state index >= 15 is 0 Å². The van der Waals surface area contributed by atoms with Crippen LogP contribution < -0.4 is 4.90 Å². The predicted octanol–water partition coefficient (Wildman–Crippen LogP) is 2.05. The average molecular weight is 277 g/mol. The summed E-state index contributed by atoms with van der Waals surface area (Å²) in [5.41, 5.74) is 0.374. The topological polar surface area (TPSA) is 60.8 Å². The van der Waals surface area contributed by atoms with Crippen molar-refractivity contribution in [2.45, 2.75) is 13.1 Å². The molecule has 0 saturated heterocycles. The van der Waals surface area contributed by atoms with Crippen LogP contribution in [-0.2, 0) is 0 Å². The van der Waals surface area contributed by atoms with Gasteiger partial charge < -0.3 is 15.1 Å².